The minimum absolute atomic E-state index is 0.210. The van der Waals surface area contributed by atoms with Gasteiger partial charge in [-0.2, -0.15) is 19.3 Å². The molecular weight excluding hydrogens is 466 g/mol. The monoisotopic (exact) mass is 485 g/mol. The normalized spacial score (nSPS) is 10.4. The van der Waals surface area contributed by atoms with E-state index in [-0.39, 0.29) is 11.5 Å². The molecule has 7 nitrogen and oxygen atoms in total. The van der Waals surface area contributed by atoms with Crippen LogP contribution in [0.5, 0.6) is 0 Å². The first-order chi connectivity index (χ1) is 17.6. The van der Waals surface area contributed by atoms with Crippen LogP contribution in [-0.2, 0) is 0 Å². The highest BCUT2D eigenvalue weighted by Crippen LogP contribution is 2.37. The molecular formula is C28H19N7S. The molecule has 172 valence electrons. The van der Waals surface area contributed by atoms with Crippen molar-refractivity contribution in [2.45, 2.75) is 13.8 Å². The van der Waals surface area contributed by atoms with Gasteiger partial charge in [0.25, 0.3) is 0 Å². The predicted octanol–water partition coefficient (Wildman–Crippen LogP) is 6.96. The third-order valence-corrected chi connectivity index (χ3v) is 6.25. The first-order valence-corrected chi connectivity index (χ1v) is 11.8. The topological polar surface area (TPSA) is 102 Å². The Morgan fingerprint density at radius 2 is 1.25 bits per heavy atom. The Labute approximate surface area is 212 Å². The molecule has 5 rings (SSSR count). The van der Waals surface area contributed by atoms with Crippen LogP contribution in [0.2, 0.25) is 0 Å². The van der Waals surface area contributed by atoms with Crippen LogP contribution in [-0.4, -0.2) is 19.4 Å². The van der Waals surface area contributed by atoms with Crippen molar-refractivity contribution in [3.63, 3.8) is 0 Å². The number of hydrogen-bond acceptors (Lipinski definition) is 8. The molecule has 0 unspecified atom stereocenters. The molecule has 0 radical (unpaired) electrons. The summed E-state index contributed by atoms with van der Waals surface area (Å²) in [5.41, 5.74) is 8.10. The molecule has 0 saturated carbocycles. The van der Waals surface area contributed by atoms with Gasteiger partial charge in [0.05, 0.1) is 11.7 Å². The molecule has 0 aliphatic rings. The minimum atomic E-state index is -0.277. The van der Waals surface area contributed by atoms with Crippen molar-refractivity contribution in [2.24, 2.45) is 4.99 Å². The highest BCUT2D eigenvalue weighted by atomic mass is 32.1. The number of aliphatic imine (C=N–C) groups is 1. The number of hydrogen-bond donors (Lipinski definition) is 0. The van der Waals surface area contributed by atoms with Crippen LogP contribution >= 0.6 is 11.7 Å². The average Bonchev–Trinajstić information content (AvgIpc) is 3.41. The molecule has 5 aromatic rings. The van der Waals surface area contributed by atoms with Crippen LogP contribution < -0.4 is 4.90 Å². The van der Waals surface area contributed by atoms with Crippen LogP contribution in [0.3, 0.4) is 0 Å². The van der Waals surface area contributed by atoms with Gasteiger partial charge in [0, 0.05) is 28.8 Å². The molecule has 8 heteroatoms. The quantitative estimate of drug-likeness (QED) is 0.249. The number of fused-ring (bicyclic) bond motifs is 1. The summed E-state index contributed by atoms with van der Waals surface area (Å²) in [6, 6.07) is 28.6. The number of anilines is 3. The molecule has 0 bridgehead atoms. The molecule has 36 heavy (non-hydrogen) atoms. The van der Waals surface area contributed by atoms with Crippen molar-refractivity contribution < 1.29 is 0 Å². The number of aromatic nitrogens is 3. The fourth-order valence-electron chi connectivity index (χ4n) is 3.86. The van der Waals surface area contributed by atoms with E-state index in [1.165, 1.54) is 11.1 Å². The standard InChI is InChI=1S/C28H19N7S/c1-18-3-9-22(10-4-18)35(23-11-5-19(2)6-12-23)24-13-7-20(8-14-24)25-17-31-28(32-21(15-29)16-30)27-26(25)33-36-34-27/h3-14,17H,1-2H3. The third-order valence-electron chi connectivity index (χ3n) is 5.72. The van der Waals surface area contributed by atoms with E-state index in [2.05, 4.69) is 98.1 Å². The van der Waals surface area contributed by atoms with E-state index in [1.54, 1.807) is 18.3 Å². The summed E-state index contributed by atoms with van der Waals surface area (Å²) in [6.45, 7) is 4.16. The summed E-state index contributed by atoms with van der Waals surface area (Å²) >= 11 is 1.04. The number of nitriles is 2. The summed E-state index contributed by atoms with van der Waals surface area (Å²) in [5.74, 6) is 0.210. The highest BCUT2D eigenvalue weighted by molar-refractivity contribution is 7.00. The number of aryl methyl sites for hydroxylation is 2. The molecule has 0 N–H and O–H groups in total. The Kier molecular flexibility index (Phi) is 6.19. The van der Waals surface area contributed by atoms with E-state index in [4.69, 9.17) is 10.5 Å². The maximum Gasteiger partial charge on any atom is 0.220 e. The lowest BCUT2D eigenvalue weighted by atomic mass is 10.0. The summed E-state index contributed by atoms with van der Waals surface area (Å²) in [4.78, 5) is 10.6. The summed E-state index contributed by atoms with van der Waals surface area (Å²) in [7, 11) is 0. The largest absolute Gasteiger partial charge is 0.311 e. The van der Waals surface area contributed by atoms with E-state index in [1.807, 2.05) is 12.1 Å². The number of nitrogens with zero attached hydrogens (tertiary/aromatic N) is 7. The predicted molar refractivity (Wildman–Crippen MR) is 143 cm³/mol. The van der Waals surface area contributed by atoms with Crippen LogP contribution in [0.1, 0.15) is 11.1 Å². The summed E-state index contributed by atoms with van der Waals surface area (Å²) < 4.78 is 8.73. The Balaban J connectivity index is 1.56. The zero-order chi connectivity index (χ0) is 25.1. The molecule has 2 aromatic heterocycles. The molecule has 2 heterocycles. The van der Waals surface area contributed by atoms with E-state index in [0.717, 1.165) is 39.9 Å². The van der Waals surface area contributed by atoms with Crippen molar-refractivity contribution in [3.05, 3.63) is 90.1 Å². The Hall–Kier alpha value is -4.92. The minimum Gasteiger partial charge on any atom is -0.311 e. The average molecular weight is 486 g/mol. The van der Waals surface area contributed by atoms with Crippen LogP contribution in [0, 0.1) is 36.5 Å². The molecule has 0 amide bonds. The second-order valence-corrected chi connectivity index (χ2v) is 8.72. The van der Waals surface area contributed by atoms with E-state index in [0.29, 0.717) is 11.0 Å². The zero-order valence-electron chi connectivity index (χ0n) is 19.5. The summed E-state index contributed by atoms with van der Waals surface area (Å²) in [6.07, 6.45) is 1.65. The van der Waals surface area contributed by atoms with Crippen LogP contribution in [0.4, 0.5) is 22.9 Å². The van der Waals surface area contributed by atoms with Gasteiger partial charge in [0.15, 0.2) is 5.82 Å². The lowest BCUT2D eigenvalue weighted by molar-refractivity contribution is 1.27. The van der Waals surface area contributed by atoms with E-state index < -0.39 is 0 Å². The molecule has 0 saturated heterocycles. The van der Waals surface area contributed by atoms with Crippen LogP contribution in [0.25, 0.3) is 22.2 Å². The van der Waals surface area contributed by atoms with Gasteiger partial charge >= 0.3 is 0 Å². The number of benzene rings is 3. The van der Waals surface area contributed by atoms with Crippen molar-refractivity contribution >= 4 is 51.4 Å². The zero-order valence-corrected chi connectivity index (χ0v) is 20.4. The Morgan fingerprint density at radius 3 is 1.78 bits per heavy atom. The van der Waals surface area contributed by atoms with E-state index >= 15 is 0 Å². The van der Waals surface area contributed by atoms with E-state index in [9.17, 15) is 0 Å². The molecule has 0 fully saturated rings. The summed E-state index contributed by atoms with van der Waals surface area (Å²) in [5, 5.41) is 18.1. The van der Waals surface area contributed by atoms with Gasteiger partial charge in [-0.3, -0.25) is 0 Å². The van der Waals surface area contributed by atoms with Gasteiger partial charge < -0.3 is 4.90 Å². The fourth-order valence-corrected chi connectivity index (χ4v) is 4.42. The molecule has 0 aliphatic heterocycles. The van der Waals surface area contributed by atoms with Gasteiger partial charge in [-0.05, 0) is 55.8 Å². The van der Waals surface area contributed by atoms with Crippen molar-refractivity contribution in [3.8, 4) is 23.3 Å². The second kappa shape index (κ2) is 9.75. The lowest BCUT2D eigenvalue weighted by Gasteiger charge is -2.26. The number of pyridine rings is 1. The van der Waals surface area contributed by atoms with Crippen LogP contribution in [0.15, 0.2) is 84.0 Å². The van der Waals surface area contributed by atoms with Crippen molar-refractivity contribution in [1.29, 1.82) is 10.5 Å². The second-order valence-electron chi connectivity index (χ2n) is 8.19. The SMILES string of the molecule is Cc1ccc(N(c2ccc(C)cc2)c2ccc(-c3cnc(N=C(C#N)C#N)c4nsnc34)cc2)cc1. The first kappa shape index (κ1) is 22.9. The third kappa shape index (κ3) is 4.41. The van der Waals surface area contributed by atoms with Gasteiger partial charge in [-0.25, -0.2) is 9.98 Å². The van der Waals surface area contributed by atoms with Gasteiger partial charge in [0.1, 0.15) is 23.2 Å². The van der Waals surface area contributed by atoms with Crippen molar-refractivity contribution in [2.75, 3.05) is 4.90 Å². The molecule has 0 aliphatic carbocycles. The maximum absolute atomic E-state index is 9.04. The maximum atomic E-state index is 9.04. The molecule has 0 spiro atoms. The smallest absolute Gasteiger partial charge is 0.220 e. The van der Waals surface area contributed by atoms with Crippen molar-refractivity contribution in [1.82, 2.24) is 13.7 Å². The molecule has 3 aromatic carbocycles. The number of rotatable bonds is 5. The van der Waals surface area contributed by atoms with Gasteiger partial charge in [-0.15, -0.1) is 0 Å². The highest BCUT2D eigenvalue weighted by Gasteiger charge is 2.16. The molecule has 0 atom stereocenters. The Bertz CT molecular complexity index is 1590. The fraction of sp³-hybridized carbons (Fsp3) is 0.0714. The lowest BCUT2D eigenvalue weighted by Crippen LogP contribution is -2.09. The van der Waals surface area contributed by atoms with Gasteiger partial charge in [0.2, 0.25) is 5.71 Å². The van der Waals surface area contributed by atoms with Gasteiger partial charge in [-0.1, -0.05) is 47.5 Å². The Morgan fingerprint density at radius 1 is 0.750 bits per heavy atom. The first-order valence-electron chi connectivity index (χ1n) is 11.1.